The van der Waals surface area contributed by atoms with Crippen LogP contribution in [0.1, 0.15) is 27.9 Å². The van der Waals surface area contributed by atoms with E-state index in [2.05, 4.69) is 4.74 Å². The number of hydrogen-bond acceptors (Lipinski definition) is 3. The average Bonchev–Trinajstić information content (AvgIpc) is 2.27. The van der Waals surface area contributed by atoms with E-state index in [9.17, 15) is 9.59 Å². The lowest BCUT2D eigenvalue weighted by atomic mass is 10.0. The van der Waals surface area contributed by atoms with Crippen LogP contribution in [0, 0.1) is 6.92 Å². The Hall–Kier alpha value is -1.64. The molecule has 1 rings (SSSR count). The summed E-state index contributed by atoms with van der Waals surface area (Å²) in [6, 6.07) is 5.62. The molecule has 1 aromatic carbocycles. The Morgan fingerprint density at radius 1 is 1.47 bits per heavy atom. The number of carbonyl (C=O) groups is 2. The number of methoxy groups -OCH3 is 1. The van der Waals surface area contributed by atoms with Gasteiger partial charge in [0, 0.05) is 12.0 Å². The molecule has 0 aliphatic carbocycles. The minimum absolute atomic E-state index is 0.233. The number of hydrogen-bond donors (Lipinski definition) is 0. The average molecular weight is 206 g/mol. The number of benzene rings is 1. The SMILES string of the molecule is COC(=O)CCc1ccc(C)c(C=O)c1. The molecule has 0 amide bonds. The number of rotatable bonds is 4. The first-order valence-electron chi connectivity index (χ1n) is 4.79. The van der Waals surface area contributed by atoms with Crippen molar-refractivity contribution >= 4 is 12.3 Å². The zero-order chi connectivity index (χ0) is 11.3. The van der Waals surface area contributed by atoms with E-state index in [1.54, 1.807) is 0 Å². The number of aryl methyl sites for hydroxylation is 2. The molecule has 0 unspecified atom stereocenters. The van der Waals surface area contributed by atoms with Crippen LogP contribution in [-0.2, 0) is 16.0 Å². The van der Waals surface area contributed by atoms with Gasteiger partial charge in [0.05, 0.1) is 7.11 Å². The predicted molar refractivity (Wildman–Crippen MR) is 56.9 cm³/mol. The standard InChI is InChI=1S/C12H14O3/c1-9-3-4-10(7-11(9)8-13)5-6-12(14)15-2/h3-4,7-8H,5-6H2,1-2H3. The summed E-state index contributed by atoms with van der Waals surface area (Å²) >= 11 is 0. The number of aldehydes is 1. The van der Waals surface area contributed by atoms with Gasteiger partial charge in [-0.05, 0) is 30.5 Å². The first-order valence-corrected chi connectivity index (χ1v) is 4.79. The molecule has 0 radical (unpaired) electrons. The Labute approximate surface area is 89.1 Å². The highest BCUT2D eigenvalue weighted by molar-refractivity contribution is 5.77. The van der Waals surface area contributed by atoms with E-state index in [-0.39, 0.29) is 5.97 Å². The van der Waals surface area contributed by atoms with E-state index in [0.29, 0.717) is 18.4 Å². The maximum absolute atomic E-state index is 10.9. The van der Waals surface area contributed by atoms with Crippen LogP contribution in [0.25, 0.3) is 0 Å². The van der Waals surface area contributed by atoms with Crippen molar-refractivity contribution in [3.8, 4) is 0 Å². The minimum Gasteiger partial charge on any atom is -0.469 e. The summed E-state index contributed by atoms with van der Waals surface area (Å²) in [7, 11) is 1.37. The Bertz CT molecular complexity index is 369. The third-order valence-electron chi connectivity index (χ3n) is 2.32. The van der Waals surface area contributed by atoms with Crippen LogP contribution in [-0.4, -0.2) is 19.4 Å². The third-order valence-corrected chi connectivity index (χ3v) is 2.32. The minimum atomic E-state index is -0.233. The molecule has 0 heterocycles. The maximum atomic E-state index is 10.9. The Morgan fingerprint density at radius 2 is 2.20 bits per heavy atom. The lowest BCUT2D eigenvalue weighted by molar-refractivity contribution is -0.140. The number of ether oxygens (including phenoxy) is 1. The molecule has 0 N–H and O–H groups in total. The molecule has 0 atom stereocenters. The fraction of sp³-hybridized carbons (Fsp3) is 0.333. The van der Waals surface area contributed by atoms with Crippen molar-refractivity contribution in [1.29, 1.82) is 0 Å². The van der Waals surface area contributed by atoms with Crippen LogP contribution in [0.2, 0.25) is 0 Å². The molecule has 0 saturated carbocycles. The largest absolute Gasteiger partial charge is 0.469 e. The first kappa shape index (κ1) is 11.4. The van der Waals surface area contributed by atoms with E-state index in [1.807, 2.05) is 25.1 Å². The van der Waals surface area contributed by atoms with Crippen LogP contribution < -0.4 is 0 Å². The zero-order valence-corrected chi connectivity index (χ0v) is 8.95. The lowest BCUT2D eigenvalue weighted by Crippen LogP contribution is -2.02. The van der Waals surface area contributed by atoms with Gasteiger partial charge in [-0.3, -0.25) is 9.59 Å². The lowest BCUT2D eigenvalue weighted by Gasteiger charge is -2.03. The molecule has 0 aliphatic heterocycles. The van der Waals surface area contributed by atoms with Crippen molar-refractivity contribution in [2.24, 2.45) is 0 Å². The molecular weight excluding hydrogens is 192 g/mol. The summed E-state index contributed by atoms with van der Waals surface area (Å²) in [6.45, 7) is 1.88. The maximum Gasteiger partial charge on any atom is 0.305 e. The molecule has 0 aliphatic rings. The van der Waals surface area contributed by atoms with Crippen LogP contribution in [0.15, 0.2) is 18.2 Å². The summed E-state index contributed by atoms with van der Waals surface area (Å²) in [5, 5.41) is 0. The predicted octanol–water partition coefficient (Wildman–Crippen LogP) is 1.91. The molecule has 0 bridgehead atoms. The van der Waals surface area contributed by atoms with Gasteiger partial charge in [0.25, 0.3) is 0 Å². The highest BCUT2D eigenvalue weighted by atomic mass is 16.5. The van der Waals surface area contributed by atoms with Gasteiger partial charge in [0.1, 0.15) is 6.29 Å². The molecule has 15 heavy (non-hydrogen) atoms. The van der Waals surface area contributed by atoms with Gasteiger partial charge < -0.3 is 4.74 Å². The zero-order valence-electron chi connectivity index (χ0n) is 8.95. The normalized spacial score (nSPS) is 9.73. The fourth-order valence-corrected chi connectivity index (χ4v) is 1.32. The Kier molecular flexibility index (Phi) is 4.03. The highest BCUT2D eigenvalue weighted by Gasteiger charge is 2.03. The summed E-state index contributed by atoms with van der Waals surface area (Å²) in [5.41, 5.74) is 2.61. The Morgan fingerprint density at radius 3 is 2.80 bits per heavy atom. The van der Waals surface area contributed by atoms with Crippen molar-refractivity contribution in [2.45, 2.75) is 19.8 Å². The van der Waals surface area contributed by atoms with Gasteiger partial charge in [0.15, 0.2) is 0 Å². The molecule has 0 saturated heterocycles. The fourth-order valence-electron chi connectivity index (χ4n) is 1.32. The van der Waals surface area contributed by atoms with Gasteiger partial charge in [-0.2, -0.15) is 0 Å². The van der Waals surface area contributed by atoms with E-state index in [4.69, 9.17) is 0 Å². The molecule has 0 spiro atoms. The van der Waals surface area contributed by atoms with Crippen LogP contribution in [0.5, 0.6) is 0 Å². The van der Waals surface area contributed by atoms with Crippen molar-refractivity contribution in [3.05, 3.63) is 34.9 Å². The monoisotopic (exact) mass is 206 g/mol. The summed E-state index contributed by atoms with van der Waals surface area (Å²) in [6.07, 6.45) is 1.78. The number of esters is 1. The van der Waals surface area contributed by atoms with Gasteiger partial charge >= 0.3 is 5.97 Å². The number of carbonyl (C=O) groups excluding carboxylic acids is 2. The molecule has 3 heteroatoms. The second-order valence-corrected chi connectivity index (χ2v) is 3.38. The molecular formula is C12H14O3. The highest BCUT2D eigenvalue weighted by Crippen LogP contribution is 2.11. The van der Waals surface area contributed by atoms with Gasteiger partial charge in [-0.25, -0.2) is 0 Å². The quantitative estimate of drug-likeness (QED) is 0.558. The van der Waals surface area contributed by atoms with E-state index >= 15 is 0 Å². The van der Waals surface area contributed by atoms with E-state index < -0.39 is 0 Å². The first-order chi connectivity index (χ1) is 7.17. The van der Waals surface area contributed by atoms with E-state index in [0.717, 1.165) is 17.4 Å². The van der Waals surface area contributed by atoms with Crippen LogP contribution in [0.3, 0.4) is 0 Å². The molecule has 1 aromatic rings. The van der Waals surface area contributed by atoms with Crippen LogP contribution >= 0.6 is 0 Å². The van der Waals surface area contributed by atoms with Gasteiger partial charge in [-0.15, -0.1) is 0 Å². The summed E-state index contributed by atoms with van der Waals surface area (Å²) < 4.78 is 4.54. The topological polar surface area (TPSA) is 43.4 Å². The summed E-state index contributed by atoms with van der Waals surface area (Å²) in [5.74, 6) is -0.233. The second kappa shape index (κ2) is 5.29. The van der Waals surface area contributed by atoms with Crippen molar-refractivity contribution < 1.29 is 14.3 Å². The molecule has 0 fully saturated rings. The van der Waals surface area contributed by atoms with Crippen molar-refractivity contribution in [1.82, 2.24) is 0 Å². The smallest absolute Gasteiger partial charge is 0.305 e. The second-order valence-electron chi connectivity index (χ2n) is 3.38. The van der Waals surface area contributed by atoms with Crippen molar-refractivity contribution in [3.63, 3.8) is 0 Å². The van der Waals surface area contributed by atoms with Gasteiger partial charge in [-0.1, -0.05) is 12.1 Å². The van der Waals surface area contributed by atoms with Gasteiger partial charge in [0.2, 0.25) is 0 Å². The Balaban J connectivity index is 2.70. The van der Waals surface area contributed by atoms with Crippen LogP contribution in [0.4, 0.5) is 0 Å². The summed E-state index contributed by atoms with van der Waals surface area (Å²) in [4.78, 5) is 21.6. The molecule has 0 aromatic heterocycles. The van der Waals surface area contributed by atoms with E-state index in [1.165, 1.54) is 7.11 Å². The molecule has 3 nitrogen and oxygen atoms in total. The van der Waals surface area contributed by atoms with Crippen molar-refractivity contribution in [2.75, 3.05) is 7.11 Å². The molecule has 80 valence electrons. The third kappa shape index (κ3) is 3.20.